The van der Waals surface area contributed by atoms with E-state index in [9.17, 15) is 4.79 Å². The second-order valence-corrected chi connectivity index (χ2v) is 7.20. The summed E-state index contributed by atoms with van der Waals surface area (Å²) in [6, 6.07) is 5.36. The van der Waals surface area contributed by atoms with E-state index >= 15 is 0 Å². The van der Waals surface area contributed by atoms with Gasteiger partial charge in [-0.2, -0.15) is 0 Å². The van der Waals surface area contributed by atoms with Crippen LogP contribution in [0.5, 0.6) is 0 Å². The molecule has 0 fully saturated rings. The van der Waals surface area contributed by atoms with Gasteiger partial charge in [0, 0.05) is 12.5 Å². The zero-order valence-electron chi connectivity index (χ0n) is 17.0. The van der Waals surface area contributed by atoms with Gasteiger partial charge in [0.1, 0.15) is 25.2 Å². The largest absolute Gasteiger partial charge is 0.463 e. The van der Waals surface area contributed by atoms with E-state index in [-0.39, 0.29) is 5.97 Å². The fourth-order valence-electron chi connectivity index (χ4n) is 2.50. The molecule has 0 saturated carbocycles. The molecule has 0 N–H and O–H groups in total. The van der Waals surface area contributed by atoms with Crippen LogP contribution in [0.3, 0.4) is 0 Å². The highest BCUT2D eigenvalue weighted by atomic mass is 79.9. The summed E-state index contributed by atoms with van der Waals surface area (Å²) in [6.07, 6.45) is 0.854. The molecule has 2 aromatic rings. The average molecular weight is 471 g/mol. The molecule has 0 radical (unpaired) electrons. The third kappa shape index (κ3) is 8.48. The second kappa shape index (κ2) is 13.8. The third-order valence-corrected chi connectivity index (χ3v) is 4.60. The second-order valence-electron chi connectivity index (χ2n) is 6.35. The van der Waals surface area contributed by atoms with Crippen LogP contribution in [0.25, 0.3) is 11.0 Å². The first-order valence-corrected chi connectivity index (χ1v) is 10.6. The maximum Gasteiger partial charge on any atom is 0.338 e. The molecule has 1 aromatic heterocycles. The van der Waals surface area contributed by atoms with Crippen LogP contribution < -0.4 is 0 Å². The predicted molar refractivity (Wildman–Crippen MR) is 115 cm³/mol. The molecule has 160 valence electrons. The Morgan fingerprint density at radius 3 is 2.38 bits per heavy atom. The maximum absolute atomic E-state index is 12.2. The standard InChI is InChI=1S/C20H28BBrO7/c1-21-3-4-28-20(23)16-11-15-12-17(29-19(15)18(22)13-16)14-27-10-9-26-8-7-25-6-5-24-2/h11-13,21H,3-10,14H2,1-2H3. The third-order valence-electron chi connectivity index (χ3n) is 4.01. The summed E-state index contributed by atoms with van der Waals surface area (Å²) in [5.74, 6) is 0.350. The minimum Gasteiger partial charge on any atom is -0.463 e. The van der Waals surface area contributed by atoms with Crippen molar-refractivity contribution in [2.24, 2.45) is 0 Å². The fraction of sp³-hybridized carbons (Fsp3) is 0.550. The van der Waals surface area contributed by atoms with Crippen LogP contribution in [0.15, 0.2) is 27.1 Å². The molecule has 0 amide bonds. The highest BCUT2D eigenvalue weighted by molar-refractivity contribution is 9.10. The minimum atomic E-state index is -0.330. The summed E-state index contributed by atoms with van der Waals surface area (Å²) >= 11 is 3.46. The lowest BCUT2D eigenvalue weighted by atomic mass is 9.79. The SMILES string of the molecule is CBCCOC(=O)c1cc(Br)c2oc(COCCOCCOCCOC)cc2c1. The molecule has 2 rings (SSSR count). The number of rotatable bonds is 15. The van der Waals surface area contributed by atoms with Gasteiger partial charge < -0.3 is 28.1 Å². The Bertz CT molecular complexity index is 750. The van der Waals surface area contributed by atoms with Gasteiger partial charge in [-0.25, -0.2) is 4.79 Å². The number of carbonyl (C=O) groups excluding carboxylic acids is 1. The van der Waals surface area contributed by atoms with Crippen molar-refractivity contribution in [2.75, 3.05) is 53.4 Å². The Hall–Kier alpha value is -1.39. The van der Waals surface area contributed by atoms with E-state index in [1.54, 1.807) is 19.2 Å². The van der Waals surface area contributed by atoms with Crippen LogP contribution in [0.2, 0.25) is 13.1 Å². The van der Waals surface area contributed by atoms with Crippen molar-refractivity contribution in [3.8, 4) is 0 Å². The van der Waals surface area contributed by atoms with Gasteiger partial charge in [0.25, 0.3) is 0 Å². The van der Waals surface area contributed by atoms with Crippen LogP contribution in [0.1, 0.15) is 16.1 Å². The van der Waals surface area contributed by atoms with Crippen molar-refractivity contribution in [1.29, 1.82) is 0 Å². The molecular formula is C20H28BBrO7. The topological polar surface area (TPSA) is 76.4 Å². The Labute approximate surface area is 180 Å². The number of methoxy groups -OCH3 is 1. The van der Waals surface area contributed by atoms with E-state index in [0.717, 1.165) is 19.0 Å². The minimum absolute atomic E-state index is 0.325. The molecule has 0 saturated heterocycles. The Kier molecular flexibility index (Phi) is 11.3. The number of hydrogen-bond acceptors (Lipinski definition) is 7. The Morgan fingerprint density at radius 1 is 1.00 bits per heavy atom. The van der Waals surface area contributed by atoms with Gasteiger partial charge in [-0.1, -0.05) is 6.82 Å². The molecule has 0 unspecified atom stereocenters. The van der Waals surface area contributed by atoms with Gasteiger partial charge in [0.2, 0.25) is 0 Å². The maximum atomic E-state index is 12.2. The van der Waals surface area contributed by atoms with Crippen molar-refractivity contribution in [3.05, 3.63) is 34.0 Å². The monoisotopic (exact) mass is 470 g/mol. The number of ether oxygens (including phenoxy) is 5. The zero-order valence-corrected chi connectivity index (χ0v) is 18.6. The summed E-state index contributed by atoms with van der Waals surface area (Å²) in [5, 5.41) is 0.824. The van der Waals surface area contributed by atoms with E-state index in [1.807, 2.05) is 6.07 Å². The number of hydrogen-bond donors (Lipinski definition) is 0. The first-order valence-electron chi connectivity index (χ1n) is 9.77. The molecule has 0 aliphatic heterocycles. The van der Waals surface area contributed by atoms with Crippen molar-refractivity contribution in [1.82, 2.24) is 0 Å². The van der Waals surface area contributed by atoms with Gasteiger partial charge in [-0.05, 0) is 40.4 Å². The van der Waals surface area contributed by atoms with Gasteiger partial charge >= 0.3 is 5.97 Å². The van der Waals surface area contributed by atoms with Crippen LogP contribution in [0.4, 0.5) is 0 Å². The van der Waals surface area contributed by atoms with Gasteiger partial charge in [0.05, 0.1) is 56.3 Å². The van der Waals surface area contributed by atoms with Crippen molar-refractivity contribution < 1.29 is 32.9 Å². The fourth-order valence-corrected chi connectivity index (χ4v) is 3.06. The van der Waals surface area contributed by atoms with Crippen LogP contribution in [0, 0.1) is 0 Å². The number of carbonyl (C=O) groups is 1. The van der Waals surface area contributed by atoms with Gasteiger partial charge in [0.15, 0.2) is 0 Å². The molecule has 29 heavy (non-hydrogen) atoms. The quantitative estimate of drug-likeness (QED) is 0.224. The van der Waals surface area contributed by atoms with Crippen LogP contribution >= 0.6 is 15.9 Å². The van der Waals surface area contributed by atoms with Crippen LogP contribution in [-0.4, -0.2) is 66.6 Å². The highest BCUT2D eigenvalue weighted by Gasteiger charge is 2.14. The normalized spacial score (nSPS) is 11.1. The molecular weight excluding hydrogens is 443 g/mol. The lowest BCUT2D eigenvalue weighted by Crippen LogP contribution is -2.11. The number of halogens is 1. The molecule has 1 aromatic carbocycles. The summed E-state index contributed by atoms with van der Waals surface area (Å²) < 4.78 is 33.0. The summed E-state index contributed by atoms with van der Waals surface area (Å²) in [4.78, 5) is 12.2. The van der Waals surface area contributed by atoms with Crippen molar-refractivity contribution in [2.45, 2.75) is 19.8 Å². The molecule has 7 nitrogen and oxygen atoms in total. The molecule has 0 spiro atoms. The average Bonchev–Trinajstić information content (AvgIpc) is 3.13. The molecule has 9 heteroatoms. The molecule has 1 heterocycles. The van der Waals surface area contributed by atoms with E-state index in [1.165, 1.54) is 0 Å². The number of fused-ring (bicyclic) bond motifs is 1. The predicted octanol–water partition coefficient (Wildman–Crippen LogP) is 3.45. The zero-order chi connectivity index (χ0) is 20.9. The highest BCUT2D eigenvalue weighted by Crippen LogP contribution is 2.29. The first kappa shape index (κ1) is 23.9. The number of furan rings is 1. The van der Waals surface area contributed by atoms with E-state index in [4.69, 9.17) is 28.1 Å². The van der Waals surface area contributed by atoms with Crippen molar-refractivity contribution in [3.63, 3.8) is 0 Å². The van der Waals surface area contributed by atoms with Crippen molar-refractivity contribution >= 4 is 40.1 Å². The van der Waals surface area contributed by atoms with E-state index in [0.29, 0.717) is 74.2 Å². The number of benzene rings is 1. The lowest BCUT2D eigenvalue weighted by Gasteiger charge is -2.05. The summed E-state index contributed by atoms with van der Waals surface area (Å²) in [5.41, 5.74) is 1.17. The molecule has 0 aliphatic rings. The molecule has 0 bridgehead atoms. The Morgan fingerprint density at radius 2 is 1.69 bits per heavy atom. The smallest absolute Gasteiger partial charge is 0.338 e. The van der Waals surface area contributed by atoms with Crippen LogP contribution in [-0.2, 0) is 30.3 Å². The van der Waals surface area contributed by atoms with Gasteiger partial charge in [-0.3, -0.25) is 0 Å². The summed E-state index contributed by atoms with van der Waals surface area (Å²) in [7, 11) is 2.62. The summed E-state index contributed by atoms with van der Waals surface area (Å²) in [6.45, 7) is 5.93. The molecule has 0 atom stereocenters. The Balaban J connectivity index is 1.75. The van der Waals surface area contributed by atoms with Gasteiger partial charge in [-0.15, -0.1) is 0 Å². The number of esters is 1. The molecule has 0 aliphatic carbocycles. The van der Waals surface area contributed by atoms with E-state index in [2.05, 4.69) is 22.8 Å². The van der Waals surface area contributed by atoms with E-state index < -0.39 is 0 Å². The lowest BCUT2D eigenvalue weighted by molar-refractivity contribution is -0.00109. The first-order chi connectivity index (χ1) is 14.2.